The summed E-state index contributed by atoms with van der Waals surface area (Å²) < 4.78 is 3.89. The number of benzene rings is 1. The Hall–Kier alpha value is -1.40. The third-order valence-corrected chi connectivity index (χ3v) is 4.48. The van der Waals surface area contributed by atoms with Gasteiger partial charge in [0.15, 0.2) is 5.65 Å². The van der Waals surface area contributed by atoms with Crippen molar-refractivity contribution in [3.05, 3.63) is 50.7 Å². The van der Waals surface area contributed by atoms with Crippen molar-refractivity contribution >= 4 is 48.6 Å². The number of hydrogen-bond acceptors (Lipinski definition) is 3. The number of aromatic nitrogens is 3. The van der Waals surface area contributed by atoms with Crippen molar-refractivity contribution in [3.63, 3.8) is 0 Å². The van der Waals surface area contributed by atoms with E-state index in [9.17, 15) is 0 Å². The average Bonchev–Trinajstić information content (AvgIpc) is 2.73. The van der Waals surface area contributed by atoms with E-state index in [2.05, 4.69) is 53.3 Å². The molecule has 0 bridgehead atoms. The molecule has 0 amide bonds. The number of aryl methyl sites for hydroxylation is 2. The van der Waals surface area contributed by atoms with Crippen molar-refractivity contribution in [1.82, 2.24) is 14.8 Å². The zero-order valence-electron chi connectivity index (χ0n) is 11.7. The zero-order valence-corrected chi connectivity index (χ0v) is 14.9. The number of anilines is 1. The van der Waals surface area contributed by atoms with Crippen molar-refractivity contribution in [2.75, 3.05) is 5.32 Å². The molecule has 0 spiro atoms. The van der Waals surface area contributed by atoms with Gasteiger partial charge in [0, 0.05) is 39.8 Å². The minimum absolute atomic E-state index is 0.720. The second-order valence-corrected chi connectivity index (χ2v) is 6.67. The van der Waals surface area contributed by atoms with E-state index in [1.807, 2.05) is 43.0 Å². The highest BCUT2D eigenvalue weighted by Gasteiger charge is 2.07. The third kappa shape index (κ3) is 2.96. The number of pyridine rings is 1. The molecule has 0 fully saturated rings. The first-order chi connectivity index (χ1) is 10.0. The Balaban J connectivity index is 1.83. The molecule has 0 atom stereocenters. The number of nitrogens with zero attached hydrogens (tertiary/aromatic N) is 3. The van der Waals surface area contributed by atoms with Crippen molar-refractivity contribution in [2.45, 2.75) is 13.5 Å². The second-order valence-electron chi connectivity index (χ2n) is 4.90. The van der Waals surface area contributed by atoms with Gasteiger partial charge >= 0.3 is 0 Å². The first kappa shape index (κ1) is 14.5. The van der Waals surface area contributed by atoms with Crippen LogP contribution < -0.4 is 5.32 Å². The molecular weight excluding hydrogens is 396 g/mol. The summed E-state index contributed by atoms with van der Waals surface area (Å²) in [5.74, 6) is 0. The van der Waals surface area contributed by atoms with E-state index in [4.69, 9.17) is 0 Å². The normalized spacial score (nSPS) is 11.0. The predicted octanol–water partition coefficient (Wildman–Crippen LogP) is 4.41. The van der Waals surface area contributed by atoms with E-state index in [1.54, 1.807) is 0 Å². The number of hydrogen-bond donors (Lipinski definition) is 1. The molecule has 0 radical (unpaired) electrons. The topological polar surface area (TPSA) is 42.7 Å². The molecule has 0 saturated carbocycles. The molecule has 4 nitrogen and oxygen atoms in total. The van der Waals surface area contributed by atoms with Crippen LogP contribution in [0.2, 0.25) is 0 Å². The van der Waals surface area contributed by atoms with Crippen LogP contribution in [-0.4, -0.2) is 14.8 Å². The SMILES string of the molecule is Cc1nn(C)c2ncc(CNc3ccc(Br)cc3Br)cc12. The van der Waals surface area contributed by atoms with E-state index in [0.29, 0.717) is 0 Å². The van der Waals surface area contributed by atoms with Crippen LogP contribution >= 0.6 is 31.9 Å². The summed E-state index contributed by atoms with van der Waals surface area (Å²) in [6.45, 7) is 2.73. The first-order valence-electron chi connectivity index (χ1n) is 6.52. The van der Waals surface area contributed by atoms with Crippen LogP contribution in [0.15, 0.2) is 39.4 Å². The molecule has 0 saturated heterocycles. The van der Waals surface area contributed by atoms with Crippen LogP contribution in [0.25, 0.3) is 11.0 Å². The minimum Gasteiger partial charge on any atom is -0.380 e. The summed E-state index contributed by atoms with van der Waals surface area (Å²) in [6, 6.07) is 8.22. The van der Waals surface area contributed by atoms with Crippen LogP contribution in [0.4, 0.5) is 5.69 Å². The van der Waals surface area contributed by atoms with E-state index >= 15 is 0 Å². The molecule has 1 N–H and O–H groups in total. The molecule has 108 valence electrons. The maximum atomic E-state index is 4.49. The second kappa shape index (κ2) is 5.77. The van der Waals surface area contributed by atoms with Crippen LogP contribution in [0.1, 0.15) is 11.3 Å². The minimum atomic E-state index is 0.720. The van der Waals surface area contributed by atoms with E-state index in [1.165, 1.54) is 0 Å². The molecule has 21 heavy (non-hydrogen) atoms. The Kier molecular flexibility index (Phi) is 3.99. The molecule has 2 aromatic heterocycles. The van der Waals surface area contributed by atoms with Crippen molar-refractivity contribution in [2.24, 2.45) is 7.05 Å². The molecular formula is C15H14Br2N4. The van der Waals surface area contributed by atoms with Crippen LogP contribution in [0.3, 0.4) is 0 Å². The number of nitrogens with one attached hydrogen (secondary N) is 1. The van der Waals surface area contributed by atoms with Crippen LogP contribution in [-0.2, 0) is 13.6 Å². The lowest BCUT2D eigenvalue weighted by Crippen LogP contribution is -2.01. The van der Waals surface area contributed by atoms with Gasteiger partial charge in [-0.25, -0.2) is 4.98 Å². The fourth-order valence-electron chi connectivity index (χ4n) is 2.28. The van der Waals surface area contributed by atoms with Gasteiger partial charge in [-0.15, -0.1) is 0 Å². The maximum Gasteiger partial charge on any atom is 0.157 e. The Labute approximate surface area is 139 Å². The van der Waals surface area contributed by atoms with Crippen molar-refractivity contribution in [3.8, 4) is 0 Å². The predicted molar refractivity (Wildman–Crippen MR) is 92.4 cm³/mol. The zero-order chi connectivity index (χ0) is 15.0. The van der Waals surface area contributed by atoms with Gasteiger partial charge in [-0.3, -0.25) is 4.68 Å². The molecule has 6 heteroatoms. The Morgan fingerprint density at radius 3 is 2.81 bits per heavy atom. The van der Waals surface area contributed by atoms with Gasteiger partial charge in [-0.05, 0) is 52.7 Å². The molecule has 1 aromatic carbocycles. The van der Waals surface area contributed by atoms with Gasteiger partial charge < -0.3 is 5.32 Å². The highest BCUT2D eigenvalue weighted by molar-refractivity contribution is 9.11. The van der Waals surface area contributed by atoms with Crippen LogP contribution in [0.5, 0.6) is 0 Å². The van der Waals surface area contributed by atoms with Gasteiger partial charge in [0.2, 0.25) is 0 Å². The Morgan fingerprint density at radius 1 is 1.24 bits per heavy atom. The summed E-state index contributed by atoms with van der Waals surface area (Å²) in [7, 11) is 1.92. The fourth-order valence-corrected chi connectivity index (χ4v) is 3.47. The smallest absolute Gasteiger partial charge is 0.157 e. The lowest BCUT2D eigenvalue weighted by atomic mass is 10.2. The summed E-state index contributed by atoms with van der Waals surface area (Å²) in [5, 5.41) is 8.91. The third-order valence-electron chi connectivity index (χ3n) is 3.33. The summed E-state index contributed by atoms with van der Waals surface area (Å²) in [6.07, 6.45) is 1.89. The summed E-state index contributed by atoms with van der Waals surface area (Å²) >= 11 is 7.01. The maximum absolute atomic E-state index is 4.49. The Bertz CT molecular complexity index is 811. The molecule has 0 unspecified atom stereocenters. The summed E-state index contributed by atoms with van der Waals surface area (Å²) in [4.78, 5) is 4.49. The number of rotatable bonds is 3. The lowest BCUT2D eigenvalue weighted by molar-refractivity contribution is 0.773. The average molecular weight is 410 g/mol. The highest BCUT2D eigenvalue weighted by atomic mass is 79.9. The van der Waals surface area contributed by atoms with Crippen molar-refractivity contribution in [1.29, 1.82) is 0 Å². The van der Waals surface area contributed by atoms with Gasteiger partial charge in [-0.1, -0.05) is 15.9 Å². The van der Waals surface area contributed by atoms with E-state index < -0.39 is 0 Å². The lowest BCUT2D eigenvalue weighted by Gasteiger charge is -2.09. The summed E-state index contributed by atoms with van der Waals surface area (Å²) in [5.41, 5.74) is 4.11. The molecule has 0 aliphatic heterocycles. The monoisotopic (exact) mass is 408 g/mol. The molecule has 0 aliphatic rings. The molecule has 3 rings (SSSR count). The standard InChI is InChI=1S/C15H14Br2N4/c1-9-12-5-10(8-19-15(12)21(2)20-9)7-18-14-4-3-11(16)6-13(14)17/h3-6,8,18H,7H2,1-2H3. The first-order valence-corrected chi connectivity index (χ1v) is 8.10. The molecule has 0 aliphatic carbocycles. The van der Waals surface area contributed by atoms with E-state index in [-0.39, 0.29) is 0 Å². The highest BCUT2D eigenvalue weighted by Crippen LogP contribution is 2.26. The molecule has 3 aromatic rings. The van der Waals surface area contributed by atoms with Crippen LogP contribution in [0, 0.1) is 6.92 Å². The number of halogens is 2. The quantitative estimate of drug-likeness (QED) is 0.696. The van der Waals surface area contributed by atoms with Crippen molar-refractivity contribution < 1.29 is 0 Å². The van der Waals surface area contributed by atoms with Gasteiger partial charge in [0.25, 0.3) is 0 Å². The van der Waals surface area contributed by atoms with Gasteiger partial charge in [0.05, 0.1) is 5.69 Å². The fraction of sp³-hybridized carbons (Fsp3) is 0.200. The van der Waals surface area contributed by atoms with Gasteiger partial charge in [-0.2, -0.15) is 5.10 Å². The Morgan fingerprint density at radius 2 is 2.05 bits per heavy atom. The molecule has 2 heterocycles. The largest absolute Gasteiger partial charge is 0.380 e. The number of fused-ring (bicyclic) bond motifs is 1. The van der Waals surface area contributed by atoms with E-state index in [0.717, 1.165) is 43.5 Å². The van der Waals surface area contributed by atoms with Gasteiger partial charge in [0.1, 0.15) is 0 Å².